The first kappa shape index (κ1) is 15.5. The van der Waals surface area contributed by atoms with E-state index >= 15 is 0 Å². The van der Waals surface area contributed by atoms with E-state index in [-0.39, 0.29) is 4.83 Å². The number of rotatable bonds is 3. The van der Waals surface area contributed by atoms with Crippen molar-refractivity contribution in [1.29, 1.82) is 0 Å². The molecule has 102 valence electrons. The maximum atomic E-state index is 11.4. The maximum absolute atomic E-state index is 11.4. The van der Waals surface area contributed by atoms with Crippen molar-refractivity contribution in [3.63, 3.8) is 0 Å². The molecule has 19 heavy (non-hydrogen) atoms. The van der Waals surface area contributed by atoms with Crippen LogP contribution in [0, 0.1) is 0 Å². The third kappa shape index (κ3) is 3.61. The molecule has 0 bridgehead atoms. The number of hydrogen-bond acceptors (Lipinski definition) is 3. The molecule has 0 saturated carbocycles. The van der Waals surface area contributed by atoms with Crippen LogP contribution in [0.5, 0.6) is 0 Å². The predicted molar refractivity (Wildman–Crippen MR) is 87.4 cm³/mol. The van der Waals surface area contributed by atoms with Crippen molar-refractivity contribution >= 4 is 64.6 Å². The minimum atomic E-state index is -3.15. The Kier molecular flexibility index (Phi) is 4.78. The predicted octanol–water partition coefficient (Wildman–Crippen LogP) is 5.05. The second-order valence-corrected chi connectivity index (χ2v) is 9.71. The number of halogens is 3. The van der Waals surface area contributed by atoms with Crippen molar-refractivity contribution in [1.82, 2.24) is 0 Å². The van der Waals surface area contributed by atoms with E-state index in [1.807, 2.05) is 6.07 Å². The minimum Gasteiger partial charge on any atom is -0.224 e. The first-order valence-corrected chi connectivity index (χ1v) is 9.97. The molecule has 0 radical (unpaired) electrons. The van der Waals surface area contributed by atoms with Crippen molar-refractivity contribution < 1.29 is 8.42 Å². The van der Waals surface area contributed by atoms with Gasteiger partial charge in [-0.2, -0.15) is 0 Å². The van der Waals surface area contributed by atoms with Crippen molar-refractivity contribution in [2.24, 2.45) is 0 Å². The van der Waals surface area contributed by atoms with Gasteiger partial charge in [-0.05, 0) is 39.7 Å². The molecule has 0 amide bonds. The summed E-state index contributed by atoms with van der Waals surface area (Å²) < 4.78 is 23.7. The van der Waals surface area contributed by atoms with Gasteiger partial charge in [0, 0.05) is 11.1 Å². The molecule has 2 aromatic rings. The molecule has 0 aliphatic heterocycles. The SMILES string of the molecule is CS(=O)(=O)c1ccc(C(Br)c2cc(Cl)c(Br)s2)cc1. The van der Waals surface area contributed by atoms with Gasteiger partial charge >= 0.3 is 0 Å². The first-order chi connectivity index (χ1) is 8.79. The van der Waals surface area contributed by atoms with Gasteiger partial charge in [-0.15, -0.1) is 11.3 Å². The van der Waals surface area contributed by atoms with Crippen molar-refractivity contribution in [2.45, 2.75) is 9.72 Å². The molecule has 0 N–H and O–H groups in total. The van der Waals surface area contributed by atoms with Crippen LogP contribution in [-0.2, 0) is 9.84 Å². The molecule has 2 nitrogen and oxygen atoms in total. The highest BCUT2D eigenvalue weighted by Gasteiger charge is 2.16. The number of benzene rings is 1. The lowest BCUT2D eigenvalue weighted by molar-refractivity contribution is 0.602. The monoisotopic (exact) mass is 442 g/mol. The Hall–Kier alpha value is 0.120. The Morgan fingerprint density at radius 2 is 1.84 bits per heavy atom. The van der Waals surface area contributed by atoms with Crippen molar-refractivity contribution in [3.05, 3.63) is 49.6 Å². The van der Waals surface area contributed by atoms with Crippen LogP contribution >= 0.6 is 54.8 Å². The van der Waals surface area contributed by atoms with Gasteiger partial charge in [0.1, 0.15) is 0 Å². The van der Waals surface area contributed by atoms with Gasteiger partial charge in [-0.1, -0.05) is 39.7 Å². The molecule has 1 unspecified atom stereocenters. The summed E-state index contributed by atoms with van der Waals surface area (Å²) in [7, 11) is -3.15. The van der Waals surface area contributed by atoms with E-state index in [9.17, 15) is 8.42 Å². The number of hydrogen-bond donors (Lipinski definition) is 0. The Morgan fingerprint density at radius 3 is 2.26 bits per heavy atom. The lowest BCUT2D eigenvalue weighted by Crippen LogP contribution is -1.97. The molecule has 0 saturated heterocycles. The molecular weight excluding hydrogens is 436 g/mol. The molecule has 0 aliphatic carbocycles. The Bertz CT molecular complexity index is 674. The second kappa shape index (κ2) is 5.85. The largest absolute Gasteiger partial charge is 0.224 e. The Balaban J connectivity index is 2.32. The summed E-state index contributed by atoms with van der Waals surface area (Å²) in [4.78, 5) is 1.38. The number of alkyl halides is 1. The smallest absolute Gasteiger partial charge is 0.175 e. The standard InChI is InChI=1S/C12H9Br2ClO2S2/c1-19(16,17)8-4-2-7(3-5-8)11(13)10-6-9(15)12(14)18-10/h2-6,11H,1H3. The number of sulfone groups is 1. The second-order valence-electron chi connectivity index (χ2n) is 3.97. The minimum absolute atomic E-state index is 0.00471. The van der Waals surface area contributed by atoms with Gasteiger partial charge in [0.05, 0.1) is 18.5 Å². The molecule has 0 fully saturated rings. The molecule has 0 spiro atoms. The van der Waals surface area contributed by atoms with Crippen LogP contribution in [0.3, 0.4) is 0 Å². The Morgan fingerprint density at radius 1 is 1.26 bits per heavy atom. The fourth-order valence-electron chi connectivity index (χ4n) is 1.54. The lowest BCUT2D eigenvalue weighted by atomic mass is 10.1. The van der Waals surface area contributed by atoms with Gasteiger partial charge in [-0.3, -0.25) is 0 Å². The van der Waals surface area contributed by atoms with Gasteiger partial charge in [0.25, 0.3) is 0 Å². The molecule has 1 atom stereocenters. The van der Waals surface area contributed by atoms with Crippen LogP contribution in [-0.4, -0.2) is 14.7 Å². The topological polar surface area (TPSA) is 34.1 Å². The van der Waals surface area contributed by atoms with Crippen molar-refractivity contribution in [2.75, 3.05) is 6.26 Å². The summed E-state index contributed by atoms with van der Waals surface area (Å²) in [5, 5.41) is 0.678. The van der Waals surface area contributed by atoms with Gasteiger partial charge in [-0.25, -0.2) is 8.42 Å². The summed E-state index contributed by atoms with van der Waals surface area (Å²) in [6.45, 7) is 0. The highest BCUT2D eigenvalue weighted by atomic mass is 79.9. The fraction of sp³-hybridized carbons (Fsp3) is 0.167. The van der Waals surface area contributed by atoms with Crippen LogP contribution in [0.4, 0.5) is 0 Å². The van der Waals surface area contributed by atoms with Gasteiger partial charge < -0.3 is 0 Å². The van der Waals surface area contributed by atoms with Crippen molar-refractivity contribution in [3.8, 4) is 0 Å². The summed E-state index contributed by atoms with van der Waals surface area (Å²) in [5.74, 6) is 0. The van der Waals surface area contributed by atoms with E-state index in [0.29, 0.717) is 9.92 Å². The average molecular weight is 445 g/mol. The average Bonchev–Trinajstić information content (AvgIpc) is 2.68. The van der Waals surface area contributed by atoms with Gasteiger partial charge in [0.2, 0.25) is 0 Å². The molecule has 1 heterocycles. The van der Waals surface area contributed by atoms with E-state index in [4.69, 9.17) is 11.6 Å². The van der Waals surface area contributed by atoms with Crippen LogP contribution in [0.15, 0.2) is 39.0 Å². The summed E-state index contributed by atoms with van der Waals surface area (Å²) in [6.07, 6.45) is 1.20. The maximum Gasteiger partial charge on any atom is 0.175 e. The van der Waals surface area contributed by atoms with Gasteiger partial charge in [0.15, 0.2) is 9.84 Å². The molecular formula is C12H9Br2ClO2S2. The fourth-order valence-corrected chi connectivity index (χ4v) is 4.64. The van der Waals surface area contributed by atoms with E-state index < -0.39 is 9.84 Å². The van der Waals surface area contributed by atoms with E-state index in [2.05, 4.69) is 31.9 Å². The zero-order valence-electron chi connectivity index (χ0n) is 9.73. The highest BCUT2D eigenvalue weighted by molar-refractivity contribution is 9.11. The molecule has 1 aromatic heterocycles. The third-order valence-corrected chi connectivity index (χ3v) is 7.51. The molecule has 2 rings (SSSR count). The summed E-state index contributed by atoms with van der Waals surface area (Å²) in [6, 6.07) is 8.72. The van der Waals surface area contributed by atoms with E-state index in [0.717, 1.165) is 14.2 Å². The number of thiophene rings is 1. The zero-order chi connectivity index (χ0) is 14.2. The molecule has 7 heteroatoms. The quantitative estimate of drug-likeness (QED) is 0.621. The van der Waals surface area contributed by atoms with Crippen LogP contribution < -0.4 is 0 Å². The zero-order valence-corrected chi connectivity index (χ0v) is 15.3. The van der Waals surface area contributed by atoms with E-state index in [1.54, 1.807) is 35.6 Å². The lowest BCUT2D eigenvalue weighted by Gasteiger charge is -2.08. The Labute approximate surface area is 138 Å². The first-order valence-electron chi connectivity index (χ1n) is 5.18. The third-order valence-electron chi connectivity index (χ3n) is 2.51. The highest BCUT2D eigenvalue weighted by Crippen LogP contribution is 2.41. The van der Waals surface area contributed by atoms with Crippen LogP contribution in [0.25, 0.3) is 0 Å². The van der Waals surface area contributed by atoms with Crippen LogP contribution in [0.2, 0.25) is 5.02 Å². The molecule has 0 aliphatic rings. The summed E-state index contributed by atoms with van der Waals surface area (Å²) in [5.41, 5.74) is 0.984. The van der Waals surface area contributed by atoms with Crippen LogP contribution in [0.1, 0.15) is 15.3 Å². The summed E-state index contributed by atoms with van der Waals surface area (Å²) >= 11 is 14.5. The van der Waals surface area contributed by atoms with E-state index in [1.165, 1.54) is 6.26 Å². The normalized spacial score (nSPS) is 13.5. The molecule has 1 aromatic carbocycles.